The molecule has 2 aromatic carbocycles. The molecule has 0 N–H and O–H groups in total. The van der Waals surface area contributed by atoms with E-state index in [9.17, 15) is 9.18 Å². The standard InChI is InChI=1S/C24H20FN3O3/c25-18-7-5-16(6-8-18)23-4-2-12-28(23)24(29)22-14-20(31-27-22)15-30-19-9-10-21-17(13-19)3-1-11-26-21/h1,3,5-11,13-14,23H,2,4,12,15H2. The molecule has 0 aliphatic carbocycles. The normalized spacial score (nSPS) is 16.0. The Bertz CT molecular complexity index is 1220. The van der Waals surface area contributed by atoms with Gasteiger partial charge in [0.2, 0.25) is 0 Å². The molecule has 3 heterocycles. The number of hydrogen-bond acceptors (Lipinski definition) is 5. The van der Waals surface area contributed by atoms with Crippen LogP contribution in [-0.2, 0) is 6.61 Å². The highest BCUT2D eigenvalue weighted by Gasteiger charge is 2.32. The molecular weight excluding hydrogens is 397 g/mol. The molecule has 7 heteroatoms. The van der Waals surface area contributed by atoms with Crippen LogP contribution in [0.15, 0.2) is 71.4 Å². The van der Waals surface area contributed by atoms with Gasteiger partial charge in [-0.05, 0) is 54.8 Å². The van der Waals surface area contributed by atoms with Gasteiger partial charge in [0, 0.05) is 24.2 Å². The minimum atomic E-state index is -0.288. The molecule has 1 amide bonds. The molecule has 1 saturated heterocycles. The number of carbonyl (C=O) groups excluding carboxylic acids is 1. The summed E-state index contributed by atoms with van der Waals surface area (Å²) in [5.41, 5.74) is 2.06. The molecule has 1 aliphatic rings. The van der Waals surface area contributed by atoms with Crippen LogP contribution in [0.2, 0.25) is 0 Å². The highest BCUT2D eigenvalue weighted by molar-refractivity contribution is 5.92. The third kappa shape index (κ3) is 3.99. The number of nitrogens with zero attached hydrogens (tertiary/aromatic N) is 3. The van der Waals surface area contributed by atoms with Crippen molar-refractivity contribution in [3.8, 4) is 5.75 Å². The lowest BCUT2D eigenvalue weighted by atomic mass is 10.0. The molecule has 31 heavy (non-hydrogen) atoms. The van der Waals surface area contributed by atoms with E-state index in [1.54, 1.807) is 29.3 Å². The fourth-order valence-corrected chi connectivity index (χ4v) is 3.97. The minimum Gasteiger partial charge on any atom is -0.486 e. The van der Waals surface area contributed by atoms with E-state index in [1.807, 2.05) is 30.3 Å². The van der Waals surface area contributed by atoms with E-state index < -0.39 is 0 Å². The zero-order valence-electron chi connectivity index (χ0n) is 16.7. The number of carbonyl (C=O) groups is 1. The fourth-order valence-electron chi connectivity index (χ4n) is 3.97. The van der Waals surface area contributed by atoms with Gasteiger partial charge < -0.3 is 14.2 Å². The summed E-state index contributed by atoms with van der Waals surface area (Å²) >= 11 is 0. The number of amides is 1. The van der Waals surface area contributed by atoms with Crippen molar-refractivity contribution >= 4 is 16.8 Å². The molecule has 0 bridgehead atoms. The Morgan fingerprint density at radius 3 is 2.90 bits per heavy atom. The van der Waals surface area contributed by atoms with Gasteiger partial charge in [0.25, 0.3) is 5.91 Å². The van der Waals surface area contributed by atoms with Gasteiger partial charge in [0.05, 0.1) is 11.6 Å². The third-order valence-electron chi connectivity index (χ3n) is 5.50. The first-order chi connectivity index (χ1) is 15.2. The van der Waals surface area contributed by atoms with Gasteiger partial charge in [-0.1, -0.05) is 23.4 Å². The molecule has 156 valence electrons. The highest BCUT2D eigenvalue weighted by atomic mass is 19.1. The summed E-state index contributed by atoms with van der Waals surface area (Å²) in [5, 5.41) is 4.93. The first kappa shape index (κ1) is 19.2. The summed E-state index contributed by atoms with van der Waals surface area (Å²) in [7, 11) is 0. The van der Waals surface area contributed by atoms with Crippen LogP contribution in [0.1, 0.15) is 40.7 Å². The van der Waals surface area contributed by atoms with E-state index in [4.69, 9.17) is 9.26 Å². The Morgan fingerprint density at radius 1 is 1.16 bits per heavy atom. The minimum absolute atomic E-state index is 0.0873. The number of likely N-dealkylation sites (tertiary alicyclic amines) is 1. The van der Waals surface area contributed by atoms with Crippen LogP contribution >= 0.6 is 0 Å². The molecule has 4 aromatic rings. The fraction of sp³-hybridized carbons (Fsp3) is 0.208. The van der Waals surface area contributed by atoms with Crippen LogP contribution in [-0.4, -0.2) is 27.5 Å². The number of ether oxygens (including phenoxy) is 1. The Hall–Kier alpha value is -3.74. The number of rotatable bonds is 5. The second kappa shape index (κ2) is 8.18. The topological polar surface area (TPSA) is 68.5 Å². The summed E-state index contributed by atoms with van der Waals surface area (Å²) < 4.78 is 24.4. The molecule has 0 saturated carbocycles. The van der Waals surface area contributed by atoms with Crippen LogP contribution in [0.4, 0.5) is 4.39 Å². The van der Waals surface area contributed by atoms with E-state index in [-0.39, 0.29) is 30.1 Å². The number of fused-ring (bicyclic) bond motifs is 1. The summed E-state index contributed by atoms with van der Waals surface area (Å²) in [6, 6.07) is 17.3. The summed E-state index contributed by atoms with van der Waals surface area (Å²) in [6.07, 6.45) is 3.47. The van der Waals surface area contributed by atoms with Gasteiger partial charge in [-0.3, -0.25) is 9.78 Å². The van der Waals surface area contributed by atoms with Crippen LogP contribution in [0.5, 0.6) is 5.75 Å². The van der Waals surface area contributed by atoms with Crippen LogP contribution in [0, 0.1) is 5.82 Å². The smallest absolute Gasteiger partial charge is 0.276 e. The molecule has 5 rings (SSSR count). The average molecular weight is 417 g/mol. The van der Waals surface area contributed by atoms with Crippen molar-refractivity contribution in [2.45, 2.75) is 25.5 Å². The first-order valence-corrected chi connectivity index (χ1v) is 10.2. The predicted molar refractivity (Wildman–Crippen MR) is 112 cm³/mol. The number of hydrogen-bond donors (Lipinski definition) is 0. The Kier molecular flexibility index (Phi) is 5.08. The van der Waals surface area contributed by atoms with Gasteiger partial charge in [-0.2, -0.15) is 0 Å². The molecule has 1 fully saturated rings. The molecular formula is C24H20FN3O3. The summed E-state index contributed by atoms with van der Waals surface area (Å²) in [5.74, 6) is 0.662. The Morgan fingerprint density at radius 2 is 2.03 bits per heavy atom. The van der Waals surface area contributed by atoms with E-state index >= 15 is 0 Å². The van der Waals surface area contributed by atoms with Crippen molar-refractivity contribution in [3.63, 3.8) is 0 Å². The first-order valence-electron chi connectivity index (χ1n) is 10.2. The van der Waals surface area contributed by atoms with E-state index in [0.29, 0.717) is 18.1 Å². The monoisotopic (exact) mass is 417 g/mol. The lowest BCUT2D eigenvalue weighted by Gasteiger charge is -2.24. The van der Waals surface area contributed by atoms with Crippen molar-refractivity contribution in [2.24, 2.45) is 0 Å². The number of pyridine rings is 1. The van der Waals surface area contributed by atoms with E-state index in [0.717, 1.165) is 29.3 Å². The van der Waals surface area contributed by atoms with Crippen molar-refractivity contribution in [1.82, 2.24) is 15.0 Å². The second-order valence-electron chi connectivity index (χ2n) is 7.53. The largest absolute Gasteiger partial charge is 0.486 e. The maximum absolute atomic E-state index is 13.3. The van der Waals surface area contributed by atoms with Crippen molar-refractivity contribution in [3.05, 3.63) is 89.7 Å². The second-order valence-corrected chi connectivity index (χ2v) is 7.53. The number of aromatic nitrogens is 2. The lowest BCUT2D eigenvalue weighted by molar-refractivity contribution is 0.0725. The molecule has 1 unspecified atom stereocenters. The van der Waals surface area contributed by atoms with Gasteiger partial charge in [0.15, 0.2) is 11.5 Å². The Balaban J connectivity index is 1.27. The quantitative estimate of drug-likeness (QED) is 0.461. The van der Waals surface area contributed by atoms with Crippen molar-refractivity contribution in [1.29, 1.82) is 0 Å². The van der Waals surface area contributed by atoms with E-state index in [1.165, 1.54) is 12.1 Å². The zero-order valence-corrected chi connectivity index (χ0v) is 16.7. The van der Waals surface area contributed by atoms with Crippen LogP contribution < -0.4 is 4.74 Å². The molecule has 1 aliphatic heterocycles. The maximum atomic E-state index is 13.3. The van der Waals surface area contributed by atoms with Gasteiger partial charge in [0.1, 0.15) is 18.2 Å². The van der Waals surface area contributed by atoms with Crippen molar-refractivity contribution in [2.75, 3.05) is 6.54 Å². The third-order valence-corrected chi connectivity index (χ3v) is 5.50. The maximum Gasteiger partial charge on any atom is 0.276 e. The van der Waals surface area contributed by atoms with Gasteiger partial charge in [-0.15, -0.1) is 0 Å². The average Bonchev–Trinajstić information content (AvgIpc) is 3.48. The van der Waals surface area contributed by atoms with Gasteiger partial charge >= 0.3 is 0 Å². The van der Waals surface area contributed by atoms with Crippen molar-refractivity contribution < 1.29 is 18.4 Å². The van der Waals surface area contributed by atoms with Gasteiger partial charge in [-0.25, -0.2) is 4.39 Å². The molecule has 6 nitrogen and oxygen atoms in total. The predicted octanol–water partition coefficient (Wildman–Crippen LogP) is 4.92. The number of halogens is 1. The molecule has 0 spiro atoms. The summed E-state index contributed by atoms with van der Waals surface area (Å²) in [4.78, 5) is 19.1. The summed E-state index contributed by atoms with van der Waals surface area (Å²) in [6.45, 7) is 0.790. The van der Waals surface area contributed by atoms with E-state index in [2.05, 4.69) is 10.1 Å². The highest BCUT2D eigenvalue weighted by Crippen LogP contribution is 2.33. The molecule has 1 atom stereocenters. The molecule has 2 aromatic heterocycles. The SMILES string of the molecule is O=C(c1cc(COc2ccc3ncccc3c2)on1)N1CCCC1c1ccc(F)cc1. The van der Waals surface area contributed by atoms with Crippen LogP contribution in [0.25, 0.3) is 10.9 Å². The number of benzene rings is 2. The lowest BCUT2D eigenvalue weighted by Crippen LogP contribution is -2.30. The molecule has 0 radical (unpaired) electrons. The van der Waals surface area contributed by atoms with Crippen LogP contribution in [0.3, 0.4) is 0 Å². The zero-order chi connectivity index (χ0) is 21.2. The Labute approximate surface area is 178 Å².